The van der Waals surface area contributed by atoms with Gasteiger partial charge in [0.1, 0.15) is 17.3 Å². The molecule has 0 unspecified atom stereocenters. The van der Waals surface area contributed by atoms with Crippen molar-refractivity contribution in [1.29, 1.82) is 0 Å². The Balaban J connectivity index is 2.03. The second kappa shape index (κ2) is 5.17. The van der Waals surface area contributed by atoms with Crippen molar-refractivity contribution in [1.82, 2.24) is 10.1 Å². The van der Waals surface area contributed by atoms with E-state index in [2.05, 4.69) is 26.1 Å². The van der Waals surface area contributed by atoms with E-state index in [0.717, 1.165) is 0 Å². The topological polar surface area (TPSA) is 79.4 Å². The zero-order valence-corrected chi connectivity index (χ0v) is 12.0. The lowest BCUT2D eigenvalue weighted by atomic mass is 10.2. The molecule has 0 aliphatic rings. The lowest BCUT2D eigenvalue weighted by Crippen LogP contribution is -1.85. The first-order valence-electron chi connectivity index (χ1n) is 5.86. The van der Waals surface area contributed by atoms with Crippen LogP contribution in [0.25, 0.3) is 22.8 Å². The molecule has 0 saturated heterocycles. The predicted molar refractivity (Wildman–Crippen MR) is 76.2 cm³/mol. The zero-order valence-electron chi connectivity index (χ0n) is 10.4. The van der Waals surface area contributed by atoms with E-state index in [1.54, 1.807) is 0 Å². The number of phenols is 2. The first-order chi connectivity index (χ1) is 10.0. The van der Waals surface area contributed by atoms with Crippen LogP contribution in [0.15, 0.2) is 45.4 Å². The average molecular weight is 351 g/mol. The van der Waals surface area contributed by atoms with Gasteiger partial charge in [-0.15, -0.1) is 0 Å². The van der Waals surface area contributed by atoms with Gasteiger partial charge >= 0.3 is 0 Å². The number of phenolic OH excluding ortho intramolecular Hbond substituents is 2. The fraction of sp³-hybridized carbons (Fsp3) is 0. The Morgan fingerprint density at radius 1 is 1.05 bits per heavy atom. The molecule has 3 aromatic rings. The summed E-state index contributed by atoms with van der Waals surface area (Å²) in [6.07, 6.45) is 0. The van der Waals surface area contributed by atoms with Gasteiger partial charge in [-0.25, -0.2) is 4.39 Å². The third-order valence-electron chi connectivity index (χ3n) is 2.81. The number of aromatic hydroxyl groups is 2. The largest absolute Gasteiger partial charge is 0.508 e. The highest BCUT2D eigenvalue weighted by molar-refractivity contribution is 9.10. The van der Waals surface area contributed by atoms with Crippen LogP contribution in [0, 0.1) is 5.82 Å². The van der Waals surface area contributed by atoms with Crippen LogP contribution in [-0.2, 0) is 0 Å². The van der Waals surface area contributed by atoms with Gasteiger partial charge in [-0.2, -0.15) is 4.98 Å². The Morgan fingerprint density at radius 3 is 2.52 bits per heavy atom. The summed E-state index contributed by atoms with van der Waals surface area (Å²) in [4.78, 5) is 4.16. The molecule has 0 aliphatic carbocycles. The van der Waals surface area contributed by atoms with Gasteiger partial charge in [0.15, 0.2) is 0 Å². The average Bonchev–Trinajstić information content (AvgIpc) is 2.87. The Bertz CT molecular complexity index is 754. The van der Waals surface area contributed by atoms with Gasteiger partial charge in [-0.1, -0.05) is 5.16 Å². The minimum absolute atomic E-state index is 0.0720. The van der Waals surface area contributed by atoms with E-state index in [0.29, 0.717) is 15.6 Å². The van der Waals surface area contributed by atoms with E-state index < -0.39 is 0 Å². The first-order valence-corrected chi connectivity index (χ1v) is 6.65. The van der Waals surface area contributed by atoms with Crippen molar-refractivity contribution in [3.63, 3.8) is 0 Å². The van der Waals surface area contributed by atoms with Gasteiger partial charge < -0.3 is 14.7 Å². The van der Waals surface area contributed by atoms with Gasteiger partial charge in [0.05, 0.1) is 5.56 Å². The molecular weight excluding hydrogens is 343 g/mol. The molecule has 1 aromatic heterocycles. The molecule has 21 heavy (non-hydrogen) atoms. The van der Waals surface area contributed by atoms with Crippen LogP contribution in [-0.4, -0.2) is 20.4 Å². The smallest absolute Gasteiger partial charge is 0.262 e. The van der Waals surface area contributed by atoms with Crippen LogP contribution in [0.1, 0.15) is 0 Å². The SMILES string of the molecule is Oc1ccc(-c2nc(-c3ccc(F)cc3Br)no2)c(O)c1. The molecule has 0 atom stereocenters. The number of rotatable bonds is 2. The molecular formula is C14H8BrFN2O3. The molecule has 0 spiro atoms. The van der Waals surface area contributed by atoms with E-state index in [1.165, 1.54) is 36.4 Å². The van der Waals surface area contributed by atoms with E-state index >= 15 is 0 Å². The molecule has 1 heterocycles. The molecule has 106 valence electrons. The normalized spacial score (nSPS) is 10.8. The number of nitrogens with zero attached hydrogens (tertiary/aromatic N) is 2. The van der Waals surface area contributed by atoms with Gasteiger partial charge in [0.2, 0.25) is 5.82 Å². The summed E-state index contributed by atoms with van der Waals surface area (Å²) in [7, 11) is 0. The lowest BCUT2D eigenvalue weighted by molar-refractivity contribution is 0.423. The molecule has 0 fully saturated rings. The molecule has 0 amide bonds. The van der Waals surface area contributed by atoms with Crippen molar-refractivity contribution in [2.45, 2.75) is 0 Å². The quantitative estimate of drug-likeness (QED) is 0.736. The van der Waals surface area contributed by atoms with Crippen LogP contribution in [0.3, 0.4) is 0 Å². The summed E-state index contributed by atoms with van der Waals surface area (Å²) in [6.45, 7) is 0. The van der Waals surface area contributed by atoms with Crippen molar-refractivity contribution in [2.75, 3.05) is 0 Å². The highest BCUT2D eigenvalue weighted by Gasteiger charge is 2.16. The molecule has 0 saturated carbocycles. The zero-order chi connectivity index (χ0) is 15.0. The second-order valence-electron chi connectivity index (χ2n) is 4.25. The summed E-state index contributed by atoms with van der Waals surface area (Å²) in [6, 6.07) is 8.13. The first kappa shape index (κ1) is 13.6. The van der Waals surface area contributed by atoms with Crippen LogP contribution in [0.5, 0.6) is 11.5 Å². The van der Waals surface area contributed by atoms with Crippen molar-refractivity contribution in [3.8, 4) is 34.3 Å². The summed E-state index contributed by atoms with van der Waals surface area (Å²) in [5.74, 6) is -0.283. The van der Waals surface area contributed by atoms with Gasteiger partial charge in [-0.3, -0.25) is 0 Å². The maximum atomic E-state index is 13.1. The second-order valence-corrected chi connectivity index (χ2v) is 5.10. The fourth-order valence-electron chi connectivity index (χ4n) is 1.81. The van der Waals surface area contributed by atoms with Crippen LogP contribution >= 0.6 is 15.9 Å². The van der Waals surface area contributed by atoms with Crippen LogP contribution in [0.2, 0.25) is 0 Å². The third kappa shape index (κ3) is 2.59. The Hall–Kier alpha value is -2.41. The molecule has 5 nitrogen and oxygen atoms in total. The number of benzene rings is 2. The molecule has 2 N–H and O–H groups in total. The maximum absolute atomic E-state index is 13.1. The number of aromatic nitrogens is 2. The van der Waals surface area contributed by atoms with Gasteiger partial charge in [-0.05, 0) is 46.3 Å². The Labute approximate surface area is 126 Å². The van der Waals surface area contributed by atoms with Crippen molar-refractivity contribution in [2.24, 2.45) is 0 Å². The van der Waals surface area contributed by atoms with Crippen molar-refractivity contribution < 1.29 is 19.1 Å². The highest BCUT2D eigenvalue weighted by Crippen LogP contribution is 2.33. The third-order valence-corrected chi connectivity index (χ3v) is 3.47. The highest BCUT2D eigenvalue weighted by atomic mass is 79.9. The maximum Gasteiger partial charge on any atom is 0.262 e. The molecule has 3 rings (SSSR count). The Morgan fingerprint density at radius 2 is 1.81 bits per heavy atom. The summed E-state index contributed by atoms with van der Waals surface area (Å²) in [5.41, 5.74) is 0.856. The van der Waals surface area contributed by atoms with Crippen LogP contribution < -0.4 is 0 Å². The minimum atomic E-state index is -0.384. The molecule has 2 aromatic carbocycles. The van der Waals surface area contributed by atoms with Crippen molar-refractivity contribution >= 4 is 15.9 Å². The standard InChI is InChI=1S/C14H8BrFN2O3/c15-11-5-7(16)1-3-9(11)13-17-14(21-18-13)10-4-2-8(19)6-12(10)20/h1-6,19-20H. The molecule has 0 bridgehead atoms. The minimum Gasteiger partial charge on any atom is -0.508 e. The van der Waals surface area contributed by atoms with Crippen molar-refractivity contribution in [3.05, 3.63) is 46.7 Å². The van der Waals surface area contributed by atoms with Crippen LogP contribution in [0.4, 0.5) is 4.39 Å². The van der Waals surface area contributed by atoms with Gasteiger partial charge in [0.25, 0.3) is 5.89 Å². The molecule has 0 radical (unpaired) electrons. The monoisotopic (exact) mass is 350 g/mol. The van der Waals surface area contributed by atoms with E-state index in [4.69, 9.17) is 4.52 Å². The van der Waals surface area contributed by atoms with E-state index in [-0.39, 0.29) is 29.0 Å². The summed E-state index contributed by atoms with van der Waals surface area (Å²) in [5, 5.41) is 22.8. The fourth-order valence-corrected chi connectivity index (χ4v) is 2.34. The van der Waals surface area contributed by atoms with E-state index in [1.807, 2.05) is 0 Å². The Kier molecular flexibility index (Phi) is 3.34. The lowest BCUT2D eigenvalue weighted by Gasteiger charge is -1.99. The summed E-state index contributed by atoms with van der Waals surface area (Å²) >= 11 is 3.23. The number of halogens is 2. The predicted octanol–water partition coefficient (Wildman–Crippen LogP) is 3.72. The number of hydrogen-bond acceptors (Lipinski definition) is 5. The molecule has 7 heteroatoms. The van der Waals surface area contributed by atoms with Gasteiger partial charge in [0, 0.05) is 16.1 Å². The molecule has 0 aliphatic heterocycles. The number of hydrogen-bond donors (Lipinski definition) is 2. The summed E-state index contributed by atoms with van der Waals surface area (Å²) < 4.78 is 18.7. The van der Waals surface area contributed by atoms with E-state index in [9.17, 15) is 14.6 Å².